The highest BCUT2D eigenvalue weighted by Crippen LogP contribution is 2.41. The number of anilines is 1. The SMILES string of the molecule is CN(C)S(=O)(=O)c1ccc(OCCOC(=O)CN2c3cccc4cccc(c34)S2(=O)=O)cc1. The molecule has 0 atom stereocenters. The van der Waals surface area contributed by atoms with Gasteiger partial charge in [-0.2, -0.15) is 0 Å². The van der Waals surface area contributed by atoms with Gasteiger partial charge in [0.15, 0.2) is 0 Å². The molecule has 0 bridgehead atoms. The third kappa shape index (κ3) is 4.26. The molecule has 9 nitrogen and oxygen atoms in total. The van der Waals surface area contributed by atoms with Crippen molar-refractivity contribution < 1.29 is 31.1 Å². The van der Waals surface area contributed by atoms with Crippen LogP contribution in [0.4, 0.5) is 5.69 Å². The number of carbonyl (C=O) groups is 1. The molecule has 0 N–H and O–H groups in total. The molecule has 1 aliphatic heterocycles. The van der Waals surface area contributed by atoms with Crippen molar-refractivity contribution >= 4 is 42.5 Å². The zero-order valence-corrected chi connectivity index (χ0v) is 19.6. The molecule has 174 valence electrons. The molecule has 0 radical (unpaired) electrons. The zero-order valence-electron chi connectivity index (χ0n) is 18.0. The molecule has 0 saturated heterocycles. The summed E-state index contributed by atoms with van der Waals surface area (Å²) in [6.45, 7) is -0.525. The van der Waals surface area contributed by atoms with Crippen LogP contribution in [0.1, 0.15) is 0 Å². The fourth-order valence-corrected chi connectivity index (χ4v) is 6.08. The molecule has 0 aliphatic carbocycles. The van der Waals surface area contributed by atoms with Crippen LogP contribution in [0.2, 0.25) is 0 Å². The first-order valence-electron chi connectivity index (χ1n) is 9.98. The summed E-state index contributed by atoms with van der Waals surface area (Å²) in [6, 6.07) is 16.1. The minimum Gasteiger partial charge on any atom is -0.490 e. The second kappa shape index (κ2) is 8.65. The van der Waals surface area contributed by atoms with E-state index in [1.807, 2.05) is 12.1 Å². The van der Waals surface area contributed by atoms with Crippen molar-refractivity contribution in [3.8, 4) is 5.75 Å². The lowest BCUT2D eigenvalue weighted by atomic mass is 10.1. The van der Waals surface area contributed by atoms with Gasteiger partial charge in [-0.1, -0.05) is 24.3 Å². The Morgan fingerprint density at radius 1 is 0.970 bits per heavy atom. The van der Waals surface area contributed by atoms with Crippen LogP contribution in [0, 0.1) is 0 Å². The molecule has 0 unspecified atom stereocenters. The quantitative estimate of drug-likeness (QED) is 0.352. The van der Waals surface area contributed by atoms with Gasteiger partial charge in [-0.15, -0.1) is 0 Å². The van der Waals surface area contributed by atoms with Crippen LogP contribution < -0.4 is 9.04 Å². The fraction of sp³-hybridized carbons (Fsp3) is 0.227. The van der Waals surface area contributed by atoms with Crippen LogP contribution in [-0.2, 0) is 29.6 Å². The molecule has 3 aromatic carbocycles. The normalized spacial score (nSPS) is 14.6. The molecule has 1 heterocycles. The van der Waals surface area contributed by atoms with Gasteiger partial charge in [0.25, 0.3) is 10.0 Å². The Balaban J connectivity index is 1.33. The van der Waals surface area contributed by atoms with Crippen LogP contribution in [0.15, 0.2) is 70.5 Å². The van der Waals surface area contributed by atoms with Crippen molar-refractivity contribution in [3.63, 3.8) is 0 Å². The topological polar surface area (TPSA) is 110 Å². The second-order valence-electron chi connectivity index (χ2n) is 7.47. The van der Waals surface area contributed by atoms with Gasteiger partial charge in [0, 0.05) is 19.5 Å². The Morgan fingerprint density at radius 3 is 2.30 bits per heavy atom. The molecular formula is C22H22N2O7S2. The molecule has 0 fully saturated rings. The number of hydrogen-bond donors (Lipinski definition) is 0. The molecule has 0 spiro atoms. The summed E-state index contributed by atoms with van der Waals surface area (Å²) in [5.74, 6) is -0.299. The number of nitrogens with zero attached hydrogens (tertiary/aromatic N) is 2. The maximum Gasteiger partial charge on any atom is 0.326 e. The van der Waals surface area contributed by atoms with Gasteiger partial charge in [-0.3, -0.25) is 9.10 Å². The molecule has 0 aromatic heterocycles. The number of rotatable bonds is 8. The Kier molecular flexibility index (Phi) is 6.04. The summed E-state index contributed by atoms with van der Waals surface area (Å²) >= 11 is 0. The van der Waals surface area contributed by atoms with E-state index in [1.54, 1.807) is 18.2 Å². The highest BCUT2D eigenvalue weighted by Gasteiger charge is 2.36. The lowest BCUT2D eigenvalue weighted by Gasteiger charge is -2.18. The summed E-state index contributed by atoms with van der Waals surface area (Å²) < 4.78 is 62.8. The molecule has 4 rings (SSSR count). The van der Waals surface area contributed by atoms with Gasteiger partial charge < -0.3 is 9.47 Å². The maximum atomic E-state index is 12.9. The predicted octanol–water partition coefficient (Wildman–Crippen LogP) is 2.22. The molecule has 1 aliphatic rings. The smallest absolute Gasteiger partial charge is 0.326 e. The zero-order chi connectivity index (χ0) is 23.8. The predicted molar refractivity (Wildman–Crippen MR) is 122 cm³/mol. The van der Waals surface area contributed by atoms with E-state index in [0.717, 1.165) is 14.0 Å². The lowest BCUT2D eigenvalue weighted by molar-refractivity contribution is -0.142. The van der Waals surface area contributed by atoms with Crippen LogP contribution >= 0.6 is 0 Å². The first-order valence-corrected chi connectivity index (χ1v) is 12.9. The van der Waals surface area contributed by atoms with E-state index >= 15 is 0 Å². The van der Waals surface area contributed by atoms with Gasteiger partial charge in [0.05, 0.1) is 15.5 Å². The Hall–Kier alpha value is -3.15. The van der Waals surface area contributed by atoms with Crippen molar-refractivity contribution in [3.05, 3.63) is 60.7 Å². The molecule has 11 heteroatoms. The van der Waals surface area contributed by atoms with Gasteiger partial charge in [0.1, 0.15) is 25.5 Å². The maximum absolute atomic E-state index is 12.9. The summed E-state index contributed by atoms with van der Waals surface area (Å²) in [5.41, 5.74) is 0.448. The molecule has 0 amide bonds. The van der Waals surface area contributed by atoms with Crippen LogP contribution in [-0.4, -0.2) is 61.0 Å². The largest absolute Gasteiger partial charge is 0.490 e. The average Bonchev–Trinajstić information content (AvgIpc) is 3.00. The number of hydrogen-bond acceptors (Lipinski definition) is 7. The van der Waals surface area contributed by atoms with Gasteiger partial charge in [0.2, 0.25) is 10.0 Å². The summed E-state index contributed by atoms with van der Waals surface area (Å²) in [4.78, 5) is 12.6. The third-order valence-corrected chi connectivity index (χ3v) is 8.80. The summed E-state index contributed by atoms with van der Waals surface area (Å²) in [6.07, 6.45) is 0. The Labute approximate surface area is 192 Å². The van der Waals surface area contributed by atoms with Crippen molar-refractivity contribution in [2.24, 2.45) is 0 Å². The Bertz CT molecular complexity index is 1410. The lowest BCUT2D eigenvalue weighted by Crippen LogP contribution is -2.34. The van der Waals surface area contributed by atoms with Crippen molar-refractivity contribution in [1.82, 2.24) is 4.31 Å². The highest BCUT2D eigenvalue weighted by molar-refractivity contribution is 7.93. The van der Waals surface area contributed by atoms with Crippen LogP contribution in [0.25, 0.3) is 10.8 Å². The van der Waals surface area contributed by atoms with Crippen molar-refractivity contribution in [2.75, 3.05) is 38.2 Å². The standard InChI is InChI=1S/C22H22N2O7S2/c1-23(2)32(26,27)18-11-9-17(10-12-18)30-13-14-31-21(25)15-24-19-7-3-5-16-6-4-8-20(22(16)19)33(24,28)29/h3-12H,13-15H2,1-2H3. The van der Waals surface area contributed by atoms with E-state index in [9.17, 15) is 21.6 Å². The minimum atomic E-state index is -3.84. The van der Waals surface area contributed by atoms with Gasteiger partial charge in [-0.25, -0.2) is 21.1 Å². The third-order valence-electron chi connectivity index (χ3n) is 5.17. The fourth-order valence-electron chi connectivity index (χ4n) is 3.53. The summed E-state index contributed by atoms with van der Waals surface area (Å²) in [7, 11) is -4.48. The van der Waals surface area contributed by atoms with Gasteiger partial charge >= 0.3 is 5.97 Å². The van der Waals surface area contributed by atoms with E-state index in [2.05, 4.69) is 0 Å². The molecule has 0 saturated carbocycles. The molecule has 3 aromatic rings. The van der Waals surface area contributed by atoms with Crippen molar-refractivity contribution in [1.29, 1.82) is 0 Å². The number of sulfonamides is 2. The highest BCUT2D eigenvalue weighted by atomic mass is 32.2. The van der Waals surface area contributed by atoms with E-state index in [4.69, 9.17) is 9.47 Å². The van der Waals surface area contributed by atoms with E-state index in [0.29, 0.717) is 16.8 Å². The number of esters is 1. The molecular weight excluding hydrogens is 468 g/mol. The summed E-state index contributed by atoms with van der Waals surface area (Å²) in [5, 5.41) is 1.37. The monoisotopic (exact) mass is 490 g/mol. The Morgan fingerprint density at radius 2 is 1.64 bits per heavy atom. The number of carbonyl (C=O) groups excluding carboxylic acids is 1. The van der Waals surface area contributed by atoms with Gasteiger partial charge in [-0.05, 0) is 41.8 Å². The second-order valence-corrected chi connectivity index (χ2v) is 11.5. The minimum absolute atomic E-state index is 0.0219. The van der Waals surface area contributed by atoms with E-state index in [-0.39, 0.29) is 23.0 Å². The van der Waals surface area contributed by atoms with E-state index in [1.165, 1.54) is 44.4 Å². The average molecular weight is 491 g/mol. The number of ether oxygens (including phenoxy) is 2. The van der Waals surface area contributed by atoms with Crippen molar-refractivity contribution in [2.45, 2.75) is 9.79 Å². The van der Waals surface area contributed by atoms with E-state index < -0.39 is 32.6 Å². The number of benzene rings is 3. The first kappa shape index (κ1) is 23.0. The van der Waals surface area contributed by atoms with Crippen LogP contribution in [0.5, 0.6) is 5.75 Å². The first-order chi connectivity index (χ1) is 15.6. The van der Waals surface area contributed by atoms with Crippen LogP contribution in [0.3, 0.4) is 0 Å². The molecule has 33 heavy (non-hydrogen) atoms.